The Bertz CT molecular complexity index is 819. The molecule has 0 aliphatic heterocycles. The molecule has 1 unspecified atom stereocenters. The maximum atomic E-state index is 11.8. The van der Waals surface area contributed by atoms with E-state index in [4.69, 9.17) is 0 Å². The molecule has 0 amide bonds. The lowest BCUT2D eigenvalue weighted by Crippen LogP contribution is -2.23. The molecule has 104 valence electrons. The average Bonchev–Trinajstić information content (AvgIpc) is 2.53. The Morgan fingerprint density at radius 1 is 1.14 bits per heavy atom. The van der Waals surface area contributed by atoms with Crippen LogP contribution in [0.15, 0.2) is 54.7 Å². The maximum absolute atomic E-state index is 11.8. The van der Waals surface area contributed by atoms with Crippen molar-refractivity contribution in [3.8, 4) is 0 Å². The van der Waals surface area contributed by atoms with Crippen LogP contribution in [0.3, 0.4) is 0 Å². The van der Waals surface area contributed by atoms with Crippen LogP contribution in [0, 0.1) is 6.92 Å². The summed E-state index contributed by atoms with van der Waals surface area (Å²) in [5.74, 6) is 0. The van der Waals surface area contributed by atoms with Crippen molar-refractivity contribution in [2.24, 2.45) is 0 Å². The molecule has 2 heterocycles. The first-order valence-electron chi connectivity index (χ1n) is 6.58. The quantitative estimate of drug-likeness (QED) is 0.538. The highest BCUT2D eigenvalue weighted by molar-refractivity contribution is 9.10. The summed E-state index contributed by atoms with van der Waals surface area (Å²) in [7, 11) is 0. The molecule has 3 nitrogen and oxygen atoms in total. The van der Waals surface area contributed by atoms with Crippen LogP contribution in [0.1, 0.15) is 17.0 Å². The van der Waals surface area contributed by atoms with Crippen LogP contribution in [-0.2, 0) is 9.12 Å². The number of rotatable bonds is 3. The van der Waals surface area contributed by atoms with Crippen LogP contribution in [0.25, 0.3) is 10.9 Å². The molecule has 0 saturated heterocycles. The number of hydrogen-bond donors (Lipinski definition) is 0. The second-order valence-corrected chi connectivity index (χ2v) is 6.16. The number of hydrogen-bond acceptors (Lipinski definition) is 3. The van der Waals surface area contributed by atoms with Gasteiger partial charge in [-0.1, -0.05) is 34.1 Å². The zero-order valence-corrected chi connectivity index (χ0v) is 13.0. The molecule has 0 aliphatic rings. The van der Waals surface area contributed by atoms with E-state index in [1.165, 1.54) is 0 Å². The van der Waals surface area contributed by atoms with E-state index in [0.717, 1.165) is 28.4 Å². The minimum absolute atomic E-state index is 0.681. The number of nitrogens with zero attached hydrogens (tertiary/aromatic N) is 2. The van der Waals surface area contributed by atoms with E-state index in [2.05, 4.69) is 25.9 Å². The van der Waals surface area contributed by atoms with Gasteiger partial charge >= 0.3 is 0 Å². The summed E-state index contributed by atoms with van der Waals surface area (Å²) in [6, 6.07) is 15.3. The lowest BCUT2D eigenvalue weighted by molar-refractivity contribution is -0.109. The lowest BCUT2D eigenvalue weighted by atomic mass is 9.94. The summed E-state index contributed by atoms with van der Waals surface area (Å²) in [6.07, 6.45) is 2.64. The average molecular weight is 341 g/mol. The topological polar surface area (TPSA) is 42.9 Å². The Labute approximate surface area is 131 Å². The van der Waals surface area contributed by atoms with Gasteiger partial charge in [0.2, 0.25) is 0 Å². The molecular formula is C17H13BrN2O. The molecule has 3 aromatic rings. The summed E-state index contributed by atoms with van der Waals surface area (Å²) in [4.78, 5) is 20.5. The Kier molecular flexibility index (Phi) is 3.55. The number of alkyl halides is 1. The van der Waals surface area contributed by atoms with Crippen molar-refractivity contribution in [3.05, 3.63) is 71.7 Å². The summed E-state index contributed by atoms with van der Waals surface area (Å²) in [5, 5.41) is 0.994. The minimum atomic E-state index is -0.941. The SMILES string of the molecule is Cc1cccc(C(Br)(C=O)c2ccc3ncccc3c2)n1. The van der Waals surface area contributed by atoms with Gasteiger partial charge in [-0.25, -0.2) is 0 Å². The van der Waals surface area contributed by atoms with Gasteiger partial charge in [-0.15, -0.1) is 0 Å². The van der Waals surface area contributed by atoms with Crippen molar-refractivity contribution in [2.75, 3.05) is 0 Å². The summed E-state index contributed by atoms with van der Waals surface area (Å²) in [6.45, 7) is 1.91. The van der Waals surface area contributed by atoms with E-state index in [1.54, 1.807) is 6.20 Å². The molecule has 0 saturated carbocycles. The van der Waals surface area contributed by atoms with Crippen molar-refractivity contribution in [2.45, 2.75) is 11.2 Å². The predicted molar refractivity (Wildman–Crippen MR) is 86.5 cm³/mol. The first-order chi connectivity index (χ1) is 10.1. The van der Waals surface area contributed by atoms with Crippen LogP contribution in [-0.4, -0.2) is 16.3 Å². The molecule has 0 fully saturated rings. The number of halogens is 1. The molecule has 0 bridgehead atoms. The number of aldehydes is 1. The van der Waals surface area contributed by atoms with E-state index < -0.39 is 4.32 Å². The molecule has 2 aromatic heterocycles. The molecule has 0 spiro atoms. The largest absolute Gasteiger partial charge is 0.301 e. The highest BCUT2D eigenvalue weighted by Gasteiger charge is 2.32. The fourth-order valence-electron chi connectivity index (χ4n) is 2.32. The molecule has 0 radical (unpaired) electrons. The van der Waals surface area contributed by atoms with Gasteiger partial charge in [-0.05, 0) is 42.8 Å². The highest BCUT2D eigenvalue weighted by Crippen LogP contribution is 2.36. The number of pyridine rings is 2. The van der Waals surface area contributed by atoms with Gasteiger partial charge in [0.1, 0.15) is 10.6 Å². The summed E-state index contributed by atoms with van der Waals surface area (Å²) < 4.78 is -0.941. The third kappa shape index (κ3) is 2.47. The van der Waals surface area contributed by atoms with E-state index in [9.17, 15) is 4.79 Å². The Morgan fingerprint density at radius 3 is 2.76 bits per heavy atom. The number of aromatic nitrogens is 2. The molecular weight excluding hydrogens is 328 g/mol. The van der Waals surface area contributed by atoms with Gasteiger partial charge in [-0.3, -0.25) is 9.97 Å². The fraction of sp³-hybridized carbons (Fsp3) is 0.118. The third-order valence-electron chi connectivity index (χ3n) is 3.45. The van der Waals surface area contributed by atoms with Crippen LogP contribution < -0.4 is 0 Å². The zero-order chi connectivity index (χ0) is 14.9. The molecule has 1 aromatic carbocycles. The van der Waals surface area contributed by atoms with E-state index >= 15 is 0 Å². The van der Waals surface area contributed by atoms with Crippen molar-refractivity contribution in [1.82, 2.24) is 9.97 Å². The molecule has 21 heavy (non-hydrogen) atoms. The Morgan fingerprint density at radius 2 is 2.00 bits per heavy atom. The first-order valence-corrected chi connectivity index (χ1v) is 7.37. The molecule has 3 rings (SSSR count). The van der Waals surface area contributed by atoms with Crippen LogP contribution >= 0.6 is 15.9 Å². The standard InChI is InChI=1S/C17H13BrN2O/c1-12-4-2-6-16(20-12)17(18,11-21)14-7-8-15-13(10-14)5-3-9-19-15/h2-11H,1H3. The number of carbonyl (C=O) groups excluding carboxylic acids is 1. The Hall–Kier alpha value is -2.07. The predicted octanol–water partition coefficient (Wildman–Crippen LogP) is 3.78. The molecule has 0 aliphatic carbocycles. The molecule has 1 atom stereocenters. The van der Waals surface area contributed by atoms with Gasteiger partial charge in [-0.2, -0.15) is 0 Å². The third-order valence-corrected chi connectivity index (χ3v) is 4.50. The zero-order valence-electron chi connectivity index (χ0n) is 11.5. The van der Waals surface area contributed by atoms with Gasteiger partial charge < -0.3 is 4.79 Å². The smallest absolute Gasteiger partial charge is 0.147 e. The second kappa shape index (κ2) is 5.37. The number of fused-ring (bicyclic) bond motifs is 1. The van der Waals surface area contributed by atoms with Crippen molar-refractivity contribution in [1.29, 1.82) is 0 Å². The lowest BCUT2D eigenvalue weighted by Gasteiger charge is -2.21. The van der Waals surface area contributed by atoms with Crippen LogP contribution in [0.2, 0.25) is 0 Å². The van der Waals surface area contributed by atoms with Crippen molar-refractivity contribution in [3.63, 3.8) is 0 Å². The van der Waals surface area contributed by atoms with Crippen LogP contribution in [0.5, 0.6) is 0 Å². The van der Waals surface area contributed by atoms with Gasteiger partial charge in [0.25, 0.3) is 0 Å². The Balaban J connectivity index is 2.19. The summed E-state index contributed by atoms with van der Waals surface area (Å²) in [5.41, 5.74) is 3.30. The second-order valence-electron chi connectivity index (χ2n) is 4.90. The van der Waals surface area contributed by atoms with Gasteiger partial charge in [0.05, 0.1) is 11.2 Å². The van der Waals surface area contributed by atoms with Crippen molar-refractivity contribution >= 4 is 33.1 Å². The maximum Gasteiger partial charge on any atom is 0.147 e. The van der Waals surface area contributed by atoms with Gasteiger partial charge in [0, 0.05) is 17.3 Å². The normalized spacial score (nSPS) is 13.8. The van der Waals surface area contributed by atoms with E-state index in [0.29, 0.717) is 5.69 Å². The monoisotopic (exact) mass is 340 g/mol. The fourth-order valence-corrected chi connectivity index (χ4v) is 2.79. The van der Waals surface area contributed by atoms with Gasteiger partial charge in [0.15, 0.2) is 0 Å². The van der Waals surface area contributed by atoms with Crippen molar-refractivity contribution < 1.29 is 4.79 Å². The number of carbonyl (C=O) groups is 1. The highest BCUT2D eigenvalue weighted by atomic mass is 79.9. The molecule has 4 heteroatoms. The van der Waals surface area contributed by atoms with E-state index in [-0.39, 0.29) is 0 Å². The first kappa shape index (κ1) is 13.9. The summed E-state index contributed by atoms with van der Waals surface area (Å²) >= 11 is 3.57. The minimum Gasteiger partial charge on any atom is -0.301 e. The number of aryl methyl sites for hydroxylation is 1. The van der Waals surface area contributed by atoms with Crippen LogP contribution in [0.4, 0.5) is 0 Å². The number of benzene rings is 1. The molecule has 0 N–H and O–H groups in total. The van der Waals surface area contributed by atoms with E-state index in [1.807, 2.05) is 55.5 Å².